The standard InChI is InChI=1S/C24H40Cl2N2/c1-5-8-10-12-14-18-27(4)24(7-3)28(19-15-13-11-9-6-2)21-16-17-22(25)23(26)20-21/h7,16-17,20H,5-6,8-15,18-19H2,1-4H3/b24-7-. The number of rotatable bonds is 15. The van der Waals surface area contributed by atoms with Crippen LogP contribution in [0.25, 0.3) is 0 Å². The molecule has 0 aliphatic heterocycles. The summed E-state index contributed by atoms with van der Waals surface area (Å²) in [5.74, 6) is 1.25. The Morgan fingerprint density at radius 1 is 0.821 bits per heavy atom. The molecule has 1 aromatic carbocycles. The first-order valence-electron chi connectivity index (χ1n) is 11.1. The molecule has 0 fully saturated rings. The fraction of sp³-hybridized carbons (Fsp3) is 0.667. The Labute approximate surface area is 183 Å². The van der Waals surface area contributed by atoms with Crippen LogP contribution in [0.5, 0.6) is 0 Å². The minimum Gasteiger partial charge on any atom is -0.361 e. The monoisotopic (exact) mass is 426 g/mol. The Morgan fingerprint density at radius 3 is 1.93 bits per heavy atom. The first kappa shape index (κ1) is 25.2. The van der Waals surface area contributed by atoms with Crippen molar-refractivity contribution in [3.05, 3.63) is 40.1 Å². The average molecular weight is 428 g/mol. The van der Waals surface area contributed by atoms with Crippen molar-refractivity contribution in [3.63, 3.8) is 0 Å². The summed E-state index contributed by atoms with van der Waals surface area (Å²) in [5, 5.41) is 1.23. The van der Waals surface area contributed by atoms with Gasteiger partial charge in [0.15, 0.2) is 0 Å². The third kappa shape index (κ3) is 9.09. The molecule has 0 saturated heterocycles. The van der Waals surface area contributed by atoms with Gasteiger partial charge in [0.25, 0.3) is 0 Å². The molecule has 4 heteroatoms. The predicted octanol–water partition coefficient (Wildman–Crippen LogP) is 8.53. The molecule has 1 aromatic rings. The van der Waals surface area contributed by atoms with Crippen LogP contribution in [0.2, 0.25) is 10.0 Å². The number of hydrogen-bond donors (Lipinski definition) is 0. The molecule has 0 unspecified atom stereocenters. The number of hydrogen-bond acceptors (Lipinski definition) is 2. The zero-order valence-corrected chi connectivity index (χ0v) is 20.0. The van der Waals surface area contributed by atoms with Crippen molar-refractivity contribution in [2.24, 2.45) is 0 Å². The highest BCUT2D eigenvalue weighted by molar-refractivity contribution is 6.42. The van der Waals surface area contributed by atoms with E-state index in [4.69, 9.17) is 23.2 Å². The summed E-state index contributed by atoms with van der Waals surface area (Å²) in [6.07, 6.45) is 15.1. The van der Waals surface area contributed by atoms with Gasteiger partial charge in [0, 0.05) is 25.8 Å². The van der Waals surface area contributed by atoms with Crippen molar-refractivity contribution < 1.29 is 0 Å². The van der Waals surface area contributed by atoms with Gasteiger partial charge >= 0.3 is 0 Å². The third-order valence-electron chi connectivity index (χ3n) is 5.22. The van der Waals surface area contributed by atoms with E-state index in [0.717, 1.165) is 18.8 Å². The molecule has 1 rings (SSSR count). The number of halogens is 2. The molecule has 0 atom stereocenters. The van der Waals surface area contributed by atoms with Gasteiger partial charge in [-0.05, 0) is 44.0 Å². The minimum absolute atomic E-state index is 0.611. The van der Waals surface area contributed by atoms with Gasteiger partial charge in [0.1, 0.15) is 5.82 Å². The molecule has 0 aliphatic rings. The summed E-state index contributed by atoms with van der Waals surface area (Å²) in [7, 11) is 2.21. The lowest BCUT2D eigenvalue weighted by molar-refractivity contribution is 0.383. The second-order valence-corrected chi connectivity index (χ2v) is 8.46. The van der Waals surface area contributed by atoms with Crippen molar-refractivity contribution >= 4 is 28.9 Å². The lowest BCUT2D eigenvalue weighted by Gasteiger charge is -2.34. The van der Waals surface area contributed by atoms with E-state index in [1.165, 1.54) is 70.0 Å². The van der Waals surface area contributed by atoms with E-state index in [1.54, 1.807) is 0 Å². The summed E-state index contributed by atoms with van der Waals surface area (Å²) in [4.78, 5) is 4.79. The van der Waals surface area contributed by atoms with Crippen LogP contribution in [0.1, 0.15) is 85.0 Å². The maximum absolute atomic E-state index is 6.33. The topological polar surface area (TPSA) is 6.48 Å². The van der Waals surface area contributed by atoms with E-state index >= 15 is 0 Å². The zero-order valence-electron chi connectivity index (χ0n) is 18.4. The molecule has 0 amide bonds. The summed E-state index contributed by atoms with van der Waals surface area (Å²) < 4.78 is 0. The first-order chi connectivity index (χ1) is 13.5. The molecule has 0 heterocycles. The Morgan fingerprint density at radius 2 is 1.39 bits per heavy atom. The van der Waals surface area contributed by atoms with Crippen LogP contribution in [0.15, 0.2) is 30.1 Å². The molecule has 0 N–H and O–H groups in total. The molecule has 0 aliphatic carbocycles. The fourth-order valence-electron chi connectivity index (χ4n) is 3.55. The van der Waals surface area contributed by atoms with Crippen LogP contribution < -0.4 is 4.90 Å². The van der Waals surface area contributed by atoms with Gasteiger partial charge in [-0.15, -0.1) is 0 Å². The number of anilines is 1. The molecule has 0 aromatic heterocycles. The lowest BCUT2D eigenvalue weighted by atomic mass is 10.1. The highest BCUT2D eigenvalue weighted by Crippen LogP contribution is 2.30. The third-order valence-corrected chi connectivity index (χ3v) is 5.96. The Bertz CT molecular complexity index is 572. The molecule has 0 spiro atoms. The number of unbranched alkanes of at least 4 members (excludes halogenated alkanes) is 8. The highest BCUT2D eigenvalue weighted by Gasteiger charge is 2.16. The van der Waals surface area contributed by atoms with Crippen LogP contribution in [-0.4, -0.2) is 25.0 Å². The van der Waals surface area contributed by atoms with E-state index < -0.39 is 0 Å². The van der Waals surface area contributed by atoms with Gasteiger partial charge in [-0.25, -0.2) is 0 Å². The van der Waals surface area contributed by atoms with E-state index in [9.17, 15) is 0 Å². The SMILES string of the molecule is C/C=C(/N(C)CCCCCCC)N(CCCCCCC)c1ccc(Cl)c(Cl)c1. The van der Waals surface area contributed by atoms with Crippen molar-refractivity contribution in [1.29, 1.82) is 0 Å². The van der Waals surface area contributed by atoms with E-state index in [-0.39, 0.29) is 0 Å². The first-order valence-corrected chi connectivity index (χ1v) is 11.9. The van der Waals surface area contributed by atoms with Crippen molar-refractivity contribution in [3.8, 4) is 0 Å². The molecule has 2 nitrogen and oxygen atoms in total. The molecule has 0 radical (unpaired) electrons. The summed E-state index contributed by atoms with van der Waals surface area (Å²) in [6, 6.07) is 5.98. The second-order valence-electron chi connectivity index (χ2n) is 7.65. The van der Waals surface area contributed by atoms with Crippen LogP contribution in [0.4, 0.5) is 5.69 Å². The molecular formula is C24H40Cl2N2. The predicted molar refractivity (Wildman–Crippen MR) is 128 cm³/mol. The summed E-state index contributed by atoms with van der Waals surface area (Å²) >= 11 is 12.5. The largest absolute Gasteiger partial charge is 0.361 e. The van der Waals surface area contributed by atoms with Gasteiger partial charge in [-0.1, -0.05) is 88.4 Å². The second kappa shape index (κ2) is 15.0. The van der Waals surface area contributed by atoms with Crippen LogP contribution in [0.3, 0.4) is 0 Å². The Hall–Kier alpha value is -0.860. The van der Waals surface area contributed by atoms with Crippen LogP contribution in [0, 0.1) is 0 Å². The zero-order chi connectivity index (χ0) is 20.8. The fourth-order valence-corrected chi connectivity index (χ4v) is 3.84. The van der Waals surface area contributed by atoms with E-state index in [1.807, 2.05) is 12.1 Å². The number of benzene rings is 1. The smallest absolute Gasteiger partial charge is 0.104 e. The Balaban J connectivity index is 2.82. The van der Waals surface area contributed by atoms with Crippen LogP contribution in [-0.2, 0) is 0 Å². The van der Waals surface area contributed by atoms with Crippen molar-refractivity contribution in [1.82, 2.24) is 4.90 Å². The number of allylic oxidation sites excluding steroid dienone is 1. The van der Waals surface area contributed by atoms with Crippen molar-refractivity contribution in [2.45, 2.75) is 85.0 Å². The highest BCUT2D eigenvalue weighted by atomic mass is 35.5. The van der Waals surface area contributed by atoms with Gasteiger partial charge in [-0.3, -0.25) is 0 Å². The van der Waals surface area contributed by atoms with E-state index in [0.29, 0.717) is 10.0 Å². The van der Waals surface area contributed by atoms with Gasteiger partial charge in [0.05, 0.1) is 10.0 Å². The summed E-state index contributed by atoms with van der Waals surface area (Å²) in [5.41, 5.74) is 1.12. The molecule has 160 valence electrons. The molecule has 0 bridgehead atoms. The minimum atomic E-state index is 0.611. The van der Waals surface area contributed by atoms with Gasteiger partial charge in [0.2, 0.25) is 0 Å². The van der Waals surface area contributed by atoms with Crippen LogP contribution >= 0.6 is 23.2 Å². The lowest BCUT2D eigenvalue weighted by Crippen LogP contribution is -2.34. The molecule has 0 saturated carbocycles. The average Bonchev–Trinajstić information content (AvgIpc) is 2.69. The van der Waals surface area contributed by atoms with E-state index in [2.05, 4.69) is 49.8 Å². The number of nitrogens with zero attached hydrogens (tertiary/aromatic N) is 2. The normalized spacial score (nSPS) is 11.7. The Kier molecular flexibility index (Phi) is 13.5. The maximum atomic E-state index is 6.33. The quantitative estimate of drug-likeness (QED) is 0.259. The summed E-state index contributed by atoms with van der Waals surface area (Å²) in [6.45, 7) is 8.73. The van der Waals surface area contributed by atoms with Crippen molar-refractivity contribution in [2.75, 3.05) is 25.0 Å². The molecular weight excluding hydrogens is 387 g/mol. The van der Waals surface area contributed by atoms with Gasteiger partial charge in [-0.2, -0.15) is 0 Å². The molecule has 28 heavy (non-hydrogen) atoms. The maximum Gasteiger partial charge on any atom is 0.104 e. The van der Waals surface area contributed by atoms with Gasteiger partial charge < -0.3 is 9.80 Å².